The number of nitrogens with zero attached hydrogens (tertiary/aromatic N) is 2. The van der Waals surface area contributed by atoms with Gasteiger partial charge in [-0.15, -0.1) is 0 Å². The highest BCUT2D eigenvalue weighted by molar-refractivity contribution is 5.84. The SMILES string of the molecule is COc1ccc(F)c(CN2CC[C@@]3(CCCN(CC4CC4)C3=O)C2)c1. The lowest BCUT2D eigenvalue weighted by atomic mass is 9.78. The third-order valence-corrected chi connectivity index (χ3v) is 6.08. The summed E-state index contributed by atoms with van der Waals surface area (Å²) in [6.07, 6.45) is 5.53. The Kier molecular flexibility index (Phi) is 4.44. The third-order valence-electron chi connectivity index (χ3n) is 6.08. The summed E-state index contributed by atoms with van der Waals surface area (Å²) in [7, 11) is 1.59. The van der Waals surface area contributed by atoms with Gasteiger partial charge < -0.3 is 9.64 Å². The van der Waals surface area contributed by atoms with E-state index < -0.39 is 0 Å². The number of carbonyl (C=O) groups excluding carboxylic acids is 1. The Hall–Kier alpha value is -1.62. The summed E-state index contributed by atoms with van der Waals surface area (Å²) in [5.74, 6) is 1.56. The Morgan fingerprint density at radius 2 is 2.12 bits per heavy atom. The van der Waals surface area contributed by atoms with E-state index in [4.69, 9.17) is 4.74 Å². The van der Waals surface area contributed by atoms with Crippen LogP contribution in [0.15, 0.2) is 18.2 Å². The third kappa shape index (κ3) is 3.39. The highest BCUT2D eigenvalue weighted by Gasteiger charge is 2.48. The summed E-state index contributed by atoms with van der Waals surface area (Å²) in [4.78, 5) is 17.4. The van der Waals surface area contributed by atoms with Crippen LogP contribution in [0.4, 0.5) is 4.39 Å². The van der Waals surface area contributed by atoms with E-state index in [9.17, 15) is 9.18 Å². The van der Waals surface area contributed by atoms with Gasteiger partial charge in [-0.3, -0.25) is 9.69 Å². The van der Waals surface area contributed by atoms with Crippen LogP contribution in [0, 0.1) is 17.2 Å². The van der Waals surface area contributed by atoms with Crippen molar-refractivity contribution in [2.24, 2.45) is 11.3 Å². The number of hydrogen-bond acceptors (Lipinski definition) is 3. The van der Waals surface area contributed by atoms with Gasteiger partial charge in [0.2, 0.25) is 5.91 Å². The Morgan fingerprint density at radius 3 is 2.88 bits per heavy atom. The first-order valence-electron chi connectivity index (χ1n) is 9.44. The van der Waals surface area contributed by atoms with E-state index in [2.05, 4.69) is 9.80 Å². The number of ether oxygens (including phenoxy) is 1. The number of hydrogen-bond donors (Lipinski definition) is 0. The molecule has 3 fully saturated rings. The topological polar surface area (TPSA) is 32.8 Å². The number of carbonyl (C=O) groups is 1. The van der Waals surface area contributed by atoms with Gasteiger partial charge in [0.15, 0.2) is 0 Å². The van der Waals surface area contributed by atoms with Gasteiger partial charge in [-0.05, 0) is 62.8 Å². The fourth-order valence-electron chi connectivity index (χ4n) is 4.45. The zero-order valence-corrected chi connectivity index (χ0v) is 15.0. The quantitative estimate of drug-likeness (QED) is 0.821. The second-order valence-corrected chi connectivity index (χ2v) is 8.00. The summed E-state index contributed by atoms with van der Waals surface area (Å²) < 4.78 is 19.3. The fourth-order valence-corrected chi connectivity index (χ4v) is 4.45. The summed E-state index contributed by atoms with van der Waals surface area (Å²) in [5.41, 5.74) is 0.414. The minimum atomic E-state index is -0.234. The molecule has 2 heterocycles. The maximum Gasteiger partial charge on any atom is 0.230 e. The Bertz CT molecular complexity index is 661. The van der Waals surface area contributed by atoms with Crippen LogP contribution in [0.25, 0.3) is 0 Å². The van der Waals surface area contributed by atoms with Crippen molar-refractivity contribution in [3.8, 4) is 5.75 Å². The highest BCUT2D eigenvalue weighted by Crippen LogP contribution is 2.42. The van der Waals surface area contributed by atoms with E-state index in [1.54, 1.807) is 19.2 Å². The molecule has 5 heteroatoms. The minimum absolute atomic E-state index is 0.202. The number of benzene rings is 1. The summed E-state index contributed by atoms with van der Waals surface area (Å²) in [5, 5.41) is 0. The van der Waals surface area contributed by atoms with Gasteiger partial charge in [0.1, 0.15) is 11.6 Å². The molecule has 136 valence electrons. The average molecular weight is 346 g/mol. The monoisotopic (exact) mass is 346 g/mol. The zero-order valence-electron chi connectivity index (χ0n) is 15.0. The Labute approximate surface area is 148 Å². The number of likely N-dealkylation sites (tertiary alicyclic amines) is 2. The van der Waals surface area contributed by atoms with Gasteiger partial charge in [0, 0.05) is 31.7 Å². The average Bonchev–Trinajstić information content (AvgIpc) is 3.34. The maximum absolute atomic E-state index is 14.1. The fraction of sp³-hybridized carbons (Fsp3) is 0.650. The van der Waals surface area contributed by atoms with Crippen LogP contribution in [0.2, 0.25) is 0 Å². The standard InChI is InChI=1S/C20H27FN2O2/c1-25-17-5-6-18(21)16(11-17)13-22-10-8-20(14-22)7-2-9-23(19(20)24)12-15-3-4-15/h5-6,11,15H,2-4,7-10,12-14H2,1H3/t20-/m0/s1. The molecule has 0 unspecified atom stereocenters. The molecule has 1 saturated carbocycles. The van der Waals surface area contributed by atoms with Crippen molar-refractivity contribution in [3.63, 3.8) is 0 Å². The molecule has 1 amide bonds. The normalized spacial score (nSPS) is 27.3. The molecule has 0 N–H and O–H groups in total. The van der Waals surface area contributed by atoms with Crippen LogP contribution >= 0.6 is 0 Å². The molecule has 0 radical (unpaired) electrons. The van der Waals surface area contributed by atoms with E-state index in [1.807, 2.05) is 0 Å². The molecule has 0 bridgehead atoms. The predicted molar refractivity (Wildman–Crippen MR) is 93.8 cm³/mol. The van der Waals surface area contributed by atoms with Gasteiger partial charge in [0.25, 0.3) is 0 Å². The highest BCUT2D eigenvalue weighted by atomic mass is 19.1. The van der Waals surface area contributed by atoms with Crippen LogP contribution in [-0.4, -0.2) is 49.0 Å². The van der Waals surface area contributed by atoms with E-state index in [-0.39, 0.29) is 11.2 Å². The molecule has 1 atom stereocenters. The van der Waals surface area contributed by atoms with Gasteiger partial charge in [-0.1, -0.05) is 0 Å². The lowest BCUT2D eigenvalue weighted by molar-refractivity contribution is -0.145. The second-order valence-electron chi connectivity index (χ2n) is 8.00. The molecule has 3 aliphatic rings. The first-order chi connectivity index (χ1) is 12.1. The molecule has 1 aromatic carbocycles. The van der Waals surface area contributed by atoms with Gasteiger partial charge >= 0.3 is 0 Å². The van der Waals surface area contributed by atoms with Crippen molar-refractivity contribution in [2.75, 3.05) is 33.3 Å². The summed E-state index contributed by atoms with van der Waals surface area (Å²) >= 11 is 0. The Morgan fingerprint density at radius 1 is 1.28 bits per heavy atom. The lowest BCUT2D eigenvalue weighted by Gasteiger charge is -2.39. The van der Waals surface area contributed by atoms with Crippen molar-refractivity contribution in [1.82, 2.24) is 9.80 Å². The smallest absolute Gasteiger partial charge is 0.230 e. The van der Waals surface area contributed by atoms with Crippen LogP contribution in [-0.2, 0) is 11.3 Å². The zero-order chi connectivity index (χ0) is 17.4. The summed E-state index contributed by atoms with van der Waals surface area (Å²) in [6.45, 7) is 4.02. The van der Waals surface area contributed by atoms with Gasteiger partial charge in [0.05, 0.1) is 12.5 Å². The van der Waals surface area contributed by atoms with Crippen molar-refractivity contribution in [3.05, 3.63) is 29.6 Å². The van der Waals surface area contributed by atoms with Crippen LogP contribution < -0.4 is 4.74 Å². The molecule has 0 aromatic heterocycles. The Balaban J connectivity index is 1.44. The molecule has 4 rings (SSSR count). The van der Waals surface area contributed by atoms with E-state index in [0.29, 0.717) is 23.8 Å². The molecule has 25 heavy (non-hydrogen) atoms. The summed E-state index contributed by atoms with van der Waals surface area (Å²) in [6, 6.07) is 4.87. The van der Waals surface area contributed by atoms with Gasteiger partial charge in [-0.2, -0.15) is 0 Å². The second kappa shape index (κ2) is 6.60. The number of amides is 1. The van der Waals surface area contributed by atoms with Crippen LogP contribution in [0.5, 0.6) is 5.75 Å². The van der Waals surface area contributed by atoms with Gasteiger partial charge in [-0.25, -0.2) is 4.39 Å². The molecule has 1 aromatic rings. The molecule has 4 nitrogen and oxygen atoms in total. The van der Waals surface area contributed by atoms with Crippen LogP contribution in [0.3, 0.4) is 0 Å². The van der Waals surface area contributed by atoms with Crippen molar-refractivity contribution >= 4 is 5.91 Å². The largest absolute Gasteiger partial charge is 0.497 e. The number of piperidine rings is 1. The van der Waals surface area contributed by atoms with Crippen molar-refractivity contribution < 1.29 is 13.9 Å². The first kappa shape index (κ1) is 16.8. The number of halogens is 1. The predicted octanol–water partition coefficient (Wildman–Crippen LogP) is 3.06. The van der Waals surface area contributed by atoms with E-state index in [0.717, 1.165) is 51.4 Å². The molecule has 2 saturated heterocycles. The van der Waals surface area contributed by atoms with Crippen molar-refractivity contribution in [2.45, 2.75) is 38.6 Å². The van der Waals surface area contributed by atoms with E-state index in [1.165, 1.54) is 18.9 Å². The number of methoxy groups -OCH3 is 1. The van der Waals surface area contributed by atoms with Crippen molar-refractivity contribution in [1.29, 1.82) is 0 Å². The molecular weight excluding hydrogens is 319 g/mol. The maximum atomic E-state index is 14.1. The minimum Gasteiger partial charge on any atom is -0.497 e. The molecular formula is C20H27FN2O2. The first-order valence-corrected chi connectivity index (χ1v) is 9.44. The lowest BCUT2D eigenvalue weighted by Crippen LogP contribution is -2.50. The molecule has 1 aliphatic carbocycles. The van der Waals surface area contributed by atoms with Crippen LogP contribution in [0.1, 0.15) is 37.7 Å². The molecule has 2 aliphatic heterocycles. The number of rotatable bonds is 5. The van der Waals surface area contributed by atoms with E-state index >= 15 is 0 Å². The molecule has 1 spiro atoms.